The van der Waals surface area contributed by atoms with E-state index in [1.54, 1.807) is 0 Å². The lowest BCUT2D eigenvalue weighted by Crippen LogP contribution is -2.41. The van der Waals surface area contributed by atoms with Gasteiger partial charge in [0.15, 0.2) is 0 Å². The lowest BCUT2D eigenvalue weighted by atomic mass is 10.1. The molecule has 0 aliphatic carbocycles. The number of aromatic nitrogens is 4. The maximum absolute atomic E-state index is 12.3. The first-order chi connectivity index (χ1) is 10.0. The third-order valence-electron chi connectivity index (χ3n) is 4.30. The van der Waals surface area contributed by atoms with Crippen LogP contribution in [-0.4, -0.2) is 31.3 Å². The molecule has 3 rings (SSSR count). The van der Waals surface area contributed by atoms with Crippen LogP contribution in [0.3, 0.4) is 0 Å². The Bertz CT molecular complexity index is 670. The molecule has 0 fully saturated rings. The Labute approximate surface area is 124 Å². The normalized spacial score (nSPS) is 17.6. The smallest absolute Gasteiger partial charge is 0.224 e. The standard InChI is InChI=1S/C15H21N5O/c1-10-13(11(2)19(3)18-10)8-15(21)17-12-4-5-14-16-6-7-20(14)9-12/h6-7,12H,4-5,8-9H2,1-3H3,(H,17,21)/t12-/m1/s1. The molecule has 2 aromatic heterocycles. The number of hydrogen-bond donors (Lipinski definition) is 1. The second-order valence-corrected chi connectivity index (χ2v) is 5.75. The van der Waals surface area contributed by atoms with Gasteiger partial charge in [-0.2, -0.15) is 5.10 Å². The summed E-state index contributed by atoms with van der Waals surface area (Å²) in [6.45, 7) is 4.76. The molecule has 6 heteroatoms. The van der Waals surface area contributed by atoms with Crippen molar-refractivity contribution in [3.05, 3.63) is 35.2 Å². The molecule has 1 amide bonds. The summed E-state index contributed by atoms with van der Waals surface area (Å²) in [6, 6.07) is 0.191. The Balaban J connectivity index is 1.62. The highest BCUT2D eigenvalue weighted by Crippen LogP contribution is 2.15. The first-order valence-electron chi connectivity index (χ1n) is 7.33. The molecular formula is C15H21N5O. The largest absolute Gasteiger partial charge is 0.351 e. The molecule has 1 atom stereocenters. The molecule has 0 unspecified atom stereocenters. The molecule has 2 aromatic rings. The Morgan fingerprint density at radius 2 is 2.29 bits per heavy atom. The highest BCUT2D eigenvalue weighted by Gasteiger charge is 2.21. The van der Waals surface area contributed by atoms with Crippen molar-refractivity contribution in [2.75, 3.05) is 0 Å². The number of carbonyl (C=O) groups is 1. The molecule has 0 bridgehead atoms. The maximum Gasteiger partial charge on any atom is 0.224 e. The number of nitrogens with zero attached hydrogens (tertiary/aromatic N) is 4. The van der Waals surface area contributed by atoms with E-state index in [9.17, 15) is 4.79 Å². The van der Waals surface area contributed by atoms with Crippen LogP contribution in [0.15, 0.2) is 12.4 Å². The first-order valence-corrected chi connectivity index (χ1v) is 7.33. The van der Waals surface area contributed by atoms with Gasteiger partial charge in [0.05, 0.1) is 12.1 Å². The monoisotopic (exact) mass is 287 g/mol. The molecule has 21 heavy (non-hydrogen) atoms. The van der Waals surface area contributed by atoms with Gasteiger partial charge in [-0.05, 0) is 20.3 Å². The summed E-state index contributed by atoms with van der Waals surface area (Å²) in [5.41, 5.74) is 3.03. The SMILES string of the molecule is Cc1nn(C)c(C)c1CC(=O)N[C@@H]1CCc2nccn2C1. The van der Waals surface area contributed by atoms with Gasteiger partial charge in [-0.1, -0.05) is 0 Å². The van der Waals surface area contributed by atoms with Gasteiger partial charge in [-0.15, -0.1) is 0 Å². The van der Waals surface area contributed by atoms with E-state index in [0.717, 1.165) is 42.2 Å². The highest BCUT2D eigenvalue weighted by atomic mass is 16.1. The van der Waals surface area contributed by atoms with Crippen molar-refractivity contribution in [3.63, 3.8) is 0 Å². The van der Waals surface area contributed by atoms with Crippen LogP contribution >= 0.6 is 0 Å². The van der Waals surface area contributed by atoms with Gasteiger partial charge in [-0.25, -0.2) is 4.98 Å². The van der Waals surface area contributed by atoms with Crippen LogP contribution in [0, 0.1) is 13.8 Å². The van der Waals surface area contributed by atoms with Crippen molar-refractivity contribution >= 4 is 5.91 Å². The Morgan fingerprint density at radius 1 is 1.48 bits per heavy atom. The molecule has 1 aliphatic heterocycles. The number of fused-ring (bicyclic) bond motifs is 1. The Hall–Kier alpha value is -2.11. The van der Waals surface area contributed by atoms with Gasteiger partial charge in [0.1, 0.15) is 5.82 Å². The minimum atomic E-state index is 0.0720. The number of imidazole rings is 1. The number of nitrogens with one attached hydrogen (secondary N) is 1. The molecule has 0 saturated carbocycles. The fourth-order valence-electron chi connectivity index (χ4n) is 3.00. The summed E-state index contributed by atoms with van der Waals surface area (Å²) < 4.78 is 3.95. The van der Waals surface area contributed by atoms with Gasteiger partial charge >= 0.3 is 0 Å². The molecule has 0 radical (unpaired) electrons. The van der Waals surface area contributed by atoms with Crippen LogP contribution in [0.2, 0.25) is 0 Å². The first kappa shape index (κ1) is 13.9. The van der Waals surface area contributed by atoms with Crippen molar-refractivity contribution in [1.29, 1.82) is 0 Å². The van der Waals surface area contributed by atoms with E-state index in [1.807, 2.05) is 38.0 Å². The lowest BCUT2D eigenvalue weighted by Gasteiger charge is -2.24. The zero-order valence-electron chi connectivity index (χ0n) is 12.8. The Morgan fingerprint density at radius 3 is 3.00 bits per heavy atom. The van der Waals surface area contributed by atoms with Gasteiger partial charge < -0.3 is 9.88 Å². The molecule has 3 heterocycles. The van der Waals surface area contributed by atoms with E-state index in [1.165, 1.54) is 0 Å². The van der Waals surface area contributed by atoms with Gasteiger partial charge in [0, 0.05) is 49.7 Å². The van der Waals surface area contributed by atoms with Crippen LogP contribution in [0.25, 0.3) is 0 Å². The van der Waals surface area contributed by atoms with Crippen LogP contribution in [0.1, 0.15) is 29.2 Å². The molecule has 6 nitrogen and oxygen atoms in total. The van der Waals surface area contributed by atoms with Crippen molar-refractivity contribution in [3.8, 4) is 0 Å². The molecular weight excluding hydrogens is 266 g/mol. The predicted octanol–water partition coefficient (Wildman–Crippen LogP) is 0.907. The third-order valence-corrected chi connectivity index (χ3v) is 4.30. The second kappa shape index (κ2) is 5.35. The van der Waals surface area contributed by atoms with Crippen molar-refractivity contribution in [1.82, 2.24) is 24.6 Å². The molecule has 0 saturated heterocycles. The van der Waals surface area contributed by atoms with Gasteiger partial charge in [-0.3, -0.25) is 9.48 Å². The molecule has 1 aliphatic rings. The highest BCUT2D eigenvalue weighted by molar-refractivity contribution is 5.79. The van der Waals surface area contributed by atoms with E-state index in [-0.39, 0.29) is 11.9 Å². The number of aryl methyl sites for hydroxylation is 3. The zero-order valence-corrected chi connectivity index (χ0v) is 12.8. The summed E-state index contributed by atoms with van der Waals surface area (Å²) in [6.07, 6.45) is 6.07. The molecule has 112 valence electrons. The summed E-state index contributed by atoms with van der Waals surface area (Å²) in [4.78, 5) is 16.6. The fraction of sp³-hybridized carbons (Fsp3) is 0.533. The summed E-state index contributed by atoms with van der Waals surface area (Å²) in [5.74, 6) is 1.18. The number of rotatable bonds is 3. The van der Waals surface area contributed by atoms with Crippen molar-refractivity contribution in [2.45, 2.75) is 45.7 Å². The van der Waals surface area contributed by atoms with E-state index < -0.39 is 0 Å². The minimum absolute atomic E-state index is 0.0720. The van der Waals surface area contributed by atoms with Crippen LogP contribution in [0.5, 0.6) is 0 Å². The number of carbonyl (C=O) groups excluding carboxylic acids is 1. The van der Waals surface area contributed by atoms with E-state index in [4.69, 9.17) is 0 Å². The van der Waals surface area contributed by atoms with E-state index in [0.29, 0.717) is 6.42 Å². The third kappa shape index (κ3) is 2.70. The van der Waals surface area contributed by atoms with E-state index in [2.05, 4.69) is 20.0 Å². The summed E-state index contributed by atoms with van der Waals surface area (Å²) >= 11 is 0. The molecule has 0 spiro atoms. The topological polar surface area (TPSA) is 64.7 Å². The second-order valence-electron chi connectivity index (χ2n) is 5.75. The van der Waals surface area contributed by atoms with Crippen LogP contribution < -0.4 is 5.32 Å². The maximum atomic E-state index is 12.3. The van der Waals surface area contributed by atoms with E-state index >= 15 is 0 Å². The van der Waals surface area contributed by atoms with Crippen molar-refractivity contribution in [2.24, 2.45) is 7.05 Å². The van der Waals surface area contributed by atoms with Crippen LogP contribution in [0.4, 0.5) is 0 Å². The number of hydrogen-bond acceptors (Lipinski definition) is 3. The molecule has 1 N–H and O–H groups in total. The quantitative estimate of drug-likeness (QED) is 0.912. The average Bonchev–Trinajstić information content (AvgIpc) is 2.99. The van der Waals surface area contributed by atoms with Gasteiger partial charge in [0.25, 0.3) is 0 Å². The minimum Gasteiger partial charge on any atom is -0.351 e. The molecule has 0 aromatic carbocycles. The Kier molecular flexibility index (Phi) is 3.53. The predicted molar refractivity (Wildman–Crippen MR) is 78.9 cm³/mol. The van der Waals surface area contributed by atoms with Crippen LogP contribution in [-0.2, 0) is 31.2 Å². The van der Waals surface area contributed by atoms with Gasteiger partial charge in [0.2, 0.25) is 5.91 Å². The fourth-order valence-corrected chi connectivity index (χ4v) is 3.00. The summed E-state index contributed by atoms with van der Waals surface area (Å²) in [7, 11) is 1.91. The number of amides is 1. The van der Waals surface area contributed by atoms with Crippen molar-refractivity contribution < 1.29 is 4.79 Å². The summed E-state index contributed by atoms with van der Waals surface area (Å²) in [5, 5.41) is 7.49. The lowest BCUT2D eigenvalue weighted by molar-refractivity contribution is -0.121. The average molecular weight is 287 g/mol. The zero-order chi connectivity index (χ0) is 15.0.